The Kier molecular flexibility index (Phi) is 5.67. The van der Waals surface area contributed by atoms with Crippen molar-refractivity contribution in [2.24, 2.45) is 0 Å². The van der Waals surface area contributed by atoms with Crippen LogP contribution in [0.4, 0.5) is 5.95 Å². The summed E-state index contributed by atoms with van der Waals surface area (Å²) < 4.78 is 6.99. The van der Waals surface area contributed by atoms with Crippen LogP contribution >= 0.6 is 0 Å². The smallest absolute Gasteiger partial charge is 0.267 e. The Morgan fingerprint density at radius 2 is 1.88 bits per heavy atom. The molecule has 9 nitrogen and oxygen atoms in total. The zero-order chi connectivity index (χ0) is 22.2. The molecule has 0 N–H and O–H groups in total. The SMILES string of the molecule is C[C@@H]1CN(C(=O)Cn2nc3c(cc2=O)CCc2nc(N4CCCCC4)ncc2-3)C[C@@H](C)O1. The number of hydrogen-bond donors (Lipinski definition) is 0. The van der Waals surface area contributed by atoms with Crippen molar-refractivity contribution >= 4 is 11.9 Å². The second kappa shape index (κ2) is 8.61. The van der Waals surface area contributed by atoms with Gasteiger partial charge in [-0.25, -0.2) is 14.6 Å². The molecule has 0 aromatic carbocycles. The number of hydrogen-bond acceptors (Lipinski definition) is 7. The minimum atomic E-state index is -0.249. The molecule has 170 valence electrons. The molecule has 32 heavy (non-hydrogen) atoms. The molecule has 0 unspecified atom stereocenters. The highest BCUT2D eigenvalue weighted by atomic mass is 16.5. The zero-order valence-electron chi connectivity index (χ0n) is 18.8. The molecule has 0 bridgehead atoms. The lowest BCUT2D eigenvalue weighted by molar-refractivity contribution is -0.144. The summed E-state index contributed by atoms with van der Waals surface area (Å²) in [6.07, 6.45) is 6.88. The first kappa shape index (κ1) is 21.1. The van der Waals surface area contributed by atoms with Crippen LogP contribution in [0.1, 0.15) is 44.4 Å². The molecule has 1 aliphatic carbocycles. The van der Waals surface area contributed by atoms with E-state index in [-0.39, 0.29) is 30.2 Å². The predicted molar refractivity (Wildman–Crippen MR) is 120 cm³/mol. The highest BCUT2D eigenvalue weighted by Crippen LogP contribution is 2.30. The van der Waals surface area contributed by atoms with Crippen LogP contribution in [-0.4, -0.2) is 68.9 Å². The molecule has 3 aliphatic rings. The molecule has 4 heterocycles. The van der Waals surface area contributed by atoms with Crippen LogP contribution < -0.4 is 10.5 Å². The number of ether oxygens (including phenoxy) is 1. The summed E-state index contributed by atoms with van der Waals surface area (Å²) in [5.74, 6) is 0.667. The van der Waals surface area contributed by atoms with E-state index in [0.717, 1.165) is 42.3 Å². The van der Waals surface area contributed by atoms with Gasteiger partial charge in [-0.1, -0.05) is 0 Å². The van der Waals surface area contributed by atoms with Gasteiger partial charge in [-0.15, -0.1) is 0 Å². The molecule has 2 aromatic rings. The highest BCUT2D eigenvalue weighted by Gasteiger charge is 2.28. The van der Waals surface area contributed by atoms with Gasteiger partial charge < -0.3 is 14.5 Å². The van der Waals surface area contributed by atoms with Gasteiger partial charge in [0.25, 0.3) is 5.56 Å². The lowest BCUT2D eigenvalue weighted by Gasteiger charge is -2.35. The molecule has 2 aromatic heterocycles. The molecule has 1 amide bonds. The Morgan fingerprint density at radius 1 is 1.12 bits per heavy atom. The van der Waals surface area contributed by atoms with E-state index in [1.807, 2.05) is 20.0 Å². The maximum Gasteiger partial charge on any atom is 0.267 e. The average molecular weight is 439 g/mol. The summed E-state index contributed by atoms with van der Waals surface area (Å²) in [5.41, 5.74) is 3.19. The van der Waals surface area contributed by atoms with Crippen molar-refractivity contribution in [2.75, 3.05) is 31.1 Å². The average Bonchev–Trinajstić information content (AvgIpc) is 2.79. The maximum atomic E-state index is 12.9. The van der Waals surface area contributed by atoms with Gasteiger partial charge in [0.15, 0.2) is 0 Å². The topological polar surface area (TPSA) is 93.5 Å². The number of piperidine rings is 1. The Balaban J connectivity index is 1.40. The van der Waals surface area contributed by atoms with E-state index in [1.54, 1.807) is 11.0 Å². The predicted octanol–water partition coefficient (Wildman–Crippen LogP) is 1.42. The summed E-state index contributed by atoms with van der Waals surface area (Å²) in [6, 6.07) is 1.61. The molecule has 2 fully saturated rings. The number of aryl methyl sites for hydroxylation is 2. The number of nitrogens with zero attached hydrogens (tertiary/aromatic N) is 6. The summed E-state index contributed by atoms with van der Waals surface area (Å²) in [4.78, 5) is 39.0. The Morgan fingerprint density at radius 3 is 2.62 bits per heavy atom. The first-order valence-electron chi connectivity index (χ1n) is 11.6. The van der Waals surface area contributed by atoms with Gasteiger partial charge in [-0.3, -0.25) is 9.59 Å². The molecular weight excluding hydrogens is 408 g/mol. The number of morpholine rings is 1. The lowest BCUT2D eigenvalue weighted by Crippen LogP contribution is -2.49. The van der Waals surface area contributed by atoms with Crippen LogP contribution in [0.25, 0.3) is 11.3 Å². The normalized spacial score (nSPS) is 22.9. The third kappa shape index (κ3) is 4.13. The van der Waals surface area contributed by atoms with Crippen LogP contribution in [0.2, 0.25) is 0 Å². The van der Waals surface area contributed by atoms with Crippen LogP contribution in [0.15, 0.2) is 17.1 Å². The maximum absolute atomic E-state index is 12.9. The Hall–Kier alpha value is -2.81. The van der Waals surface area contributed by atoms with Gasteiger partial charge >= 0.3 is 0 Å². The molecular formula is C23H30N6O3. The standard InChI is InChI=1S/C23H30N6O3/c1-15-12-28(13-16(2)32-15)21(31)14-29-20(30)10-17-6-7-19-18(22(17)26-29)11-24-23(25-19)27-8-4-3-5-9-27/h10-11,15-16H,3-9,12-14H2,1-2H3/t15-,16-/m1/s1. The van der Waals surface area contributed by atoms with Gasteiger partial charge in [-0.05, 0) is 51.5 Å². The summed E-state index contributed by atoms with van der Waals surface area (Å²) in [7, 11) is 0. The van der Waals surface area contributed by atoms with Gasteiger partial charge in [0.1, 0.15) is 6.54 Å². The van der Waals surface area contributed by atoms with Crippen molar-refractivity contribution in [1.82, 2.24) is 24.6 Å². The quantitative estimate of drug-likeness (QED) is 0.716. The molecule has 2 aliphatic heterocycles. The van der Waals surface area contributed by atoms with Crippen molar-refractivity contribution in [3.8, 4) is 11.3 Å². The van der Waals surface area contributed by atoms with Crippen molar-refractivity contribution in [1.29, 1.82) is 0 Å². The van der Waals surface area contributed by atoms with E-state index < -0.39 is 0 Å². The van der Waals surface area contributed by atoms with E-state index in [1.165, 1.54) is 23.9 Å². The van der Waals surface area contributed by atoms with Crippen LogP contribution in [0.3, 0.4) is 0 Å². The van der Waals surface area contributed by atoms with Gasteiger partial charge in [0, 0.05) is 44.0 Å². The van der Waals surface area contributed by atoms with E-state index in [4.69, 9.17) is 9.72 Å². The highest BCUT2D eigenvalue weighted by molar-refractivity contribution is 5.76. The number of aromatic nitrogens is 4. The first-order chi connectivity index (χ1) is 15.5. The lowest BCUT2D eigenvalue weighted by atomic mass is 9.94. The van der Waals surface area contributed by atoms with Gasteiger partial charge in [0.05, 0.1) is 23.6 Å². The van der Waals surface area contributed by atoms with E-state index >= 15 is 0 Å². The fourth-order valence-electron chi connectivity index (χ4n) is 4.96. The van der Waals surface area contributed by atoms with Crippen molar-refractivity contribution in [3.63, 3.8) is 0 Å². The van der Waals surface area contributed by atoms with Crippen molar-refractivity contribution < 1.29 is 9.53 Å². The number of fused-ring (bicyclic) bond motifs is 3. The molecule has 2 atom stereocenters. The number of anilines is 1. The number of amides is 1. The van der Waals surface area contributed by atoms with Gasteiger partial charge in [0.2, 0.25) is 11.9 Å². The number of carbonyl (C=O) groups is 1. The first-order valence-corrected chi connectivity index (χ1v) is 11.6. The second-order valence-corrected chi connectivity index (χ2v) is 9.15. The van der Waals surface area contributed by atoms with Crippen LogP contribution in [0, 0.1) is 0 Å². The minimum absolute atomic E-state index is 0.0194. The Bertz CT molecular complexity index is 1070. The molecule has 2 saturated heterocycles. The van der Waals surface area contributed by atoms with Crippen LogP contribution in [0.5, 0.6) is 0 Å². The second-order valence-electron chi connectivity index (χ2n) is 9.15. The summed E-state index contributed by atoms with van der Waals surface area (Å²) in [6.45, 7) is 6.87. The molecule has 9 heteroatoms. The fourth-order valence-corrected chi connectivity index (χ4v) is 4.96. The molecule has 0 saturated carbocycles. The zero-order valence-corrected chi connectivity index (χ0v) is 18.8. The van der Waals surface area contributed by atoms with Crippen LogP contribution in [-0.2, 0) is 28.9 Å². The third-order valence-electron chi connectivity index (χ3n) is 6.51. The third-order valence-corrected chi connectivity index (χ3v) is 6.51. The summed E-state index contributed by atoms with van der Waals surface area (Å²) in [5, 5.41) is 4.60. The largest absolute Gasteiger partial charge is 0.372 e. The van der Waals surface area contributed by atoms with E-state index in [0.29, 0.717) is 25.2 Å². The molecule has 5 rings (SSSR count). The monoisotopic (exact) mass is 438 g/mol. The fraction of sp³-hybridized carbons (Fsp3) is 0.609. The molecule has 0 spiro atoms. The van der Waals surface area contributed by atoms with Crippen molar-refractivity contribution in [2.45, 2.75) is 64.7 Å². The van der Waals surface area contributed by atoms with Crippen molar-refractivity contribution in [3.05, 3.63) is 33.9 Å². The summed E-state index contributed by atoms with van der Waals surface area (Å²) >= 11 is 0. The number of carbonyl (C=O) groups excluding carboxylic acids is 1. The van der Waals surface area contributed by atoms with E-state index in [2.05, 4.69) is 15.0 Å². The van der Waals surface area contributed by atoms with Gasteiger partial charge in [-0.2, -0.15) is 5.10 Å². The number of rotatable bonds is 3. The molecule has 0 radical (unpaired) electrons. The minimum Gasteiger partial charge on any atom is -0.372 e. The Labute approximate surface area is 187 Å². The van der Waals surface area contributed by atoms with E-state index in [9.17, 15) is 9.59 Å².